The highest BCUT2D eigenvalue weighted by atomic mass is 32.2. The Morgan fingerprint density at radius 1 is 1.28 bits per heavy atom. The summed E-state index contributed by atoms with van der Waals surface area (Å²) < 4.78 is 7.06. The molecule has 0 saturated heterocycles. The van der Waals surface area contributed by atoms with E-state index in [1.807, 2.05) is 54.8 Å². The molecule has 3 rings (SSSR count). The number of hydrogen-bond donors (Lipinski definition) is 1. The predicted molar refractivity (Wildman–Crippen MR) is 115 cm³/mol. The minimum Gasteiger partial charge on any atom is -0.462 e. The van der Waals surface area contributed by atoms with Crippen LogP contribution < -0.4 is 5.32 Å². The molecule has 9 heteroatoms. The lowest BCUT2D eigenvalue weighted by Crippen LogP contribution is -2.16. The third-order valence-electron chi connectivity index (χ3n) is 3.95. The van der Waals surface area contributed by atoms with Crippen LogP contribution in [0.5, 0.6) is 0 Å². The molecular weight excluding hydrogens is 408 g/mol. The van der Waals surface area contributed by atoms with Crippen LogP contribution in [0.2, 0.25) is 0 Å². The van der Waals surface area contributed by atoms with E-state index >= 15 is 0 Å². The monoisotopic (exact) mass is 430 g/mol. The maximum absolute atomic E-state index is 12.5. The van der Waals surface area contributed by atoms with Crippen LogP contribution in [-0.4, -0.2) is 39.0 Å². The van der Waals surface area contributed by atoms with E-state index in [-0.39, 0.29) is 24.3 Å². The number of esters is 1. The molecule has 0 bridgehead atoms. The van der Waals surface area contributed by atoms with Gasteiger partial charge in [0.25, 0.3) is 0 Å². The summed E-state index contributed by atoms with van der Waals surface area (Å²) in [4.78, 5) is 26.2. The van der Waals surface area contributed by atoms with Gasteiger partial charge in [-0.05, 0) is 32.4 Å². The van der Waals surface area contributed by atoms with Crippen LogP contribution in [-0.2, 0) is 9.53 Å². The molecular formula is C20H22N4O3S2. The number of thiophene rings is 1. The fourth-order valence-electron chi connectivity index (χ4n) is 2.58. The Kier molecular flexibility index (Phi) is 7.05. The van der Waals surface area contributed by atoms with E-state index in [1.54, 1.807) is 13.3 Å². The quantitative estimate of drug-likeness (QED) is 0.418. The lowest BCUT2D eigenvalue weighted by molar-refractivity contribution is -0.113. The van der Waals surface area contributed by atoms with E-state index in [2.05, 4.69) is 15.5 Å². The number of nitrogens with one attached hydrogen (secondary N) is 1. The van der Waals surface area contributed by atoms with Crippen LogP contribution in [0.4, 0.5) is 5.69 Å². The van der Waals surface area contributed by atoms with Crippen LogP contribution in [0, 0.1) is 0 Å². The summed E-state index contributed by atoms with van der Waals surface area (Å²) in [6, 6.07) is 11.7. The summed E-state index contributed by atoms with van der Waals surface area (Å²) in [6.07, 6.45) is 1.65. The molecule has 2 aromatic heterocycles. The van der Waals surface area contributed by atoms with E-state index in [4.69, 9.17) is 4.74 Å². The van der Waals surface area contributed by atoms with Crippen LogP contribution in [0.25, 0.3) is 10.4 Å². The van der Waals surface area contributed by atoms with Crippen molar-refractivity contribution >= 4 is 40.7 Å². The van der Waals surface area contributed by atoms with Crippen molar-refractivity contribution in [2.45, 2.75) is 32.0 Å². The Morgan fingerprint density at radius 3 is 2.72 bits per heavy atom. The number of benzene rings is 1. The summed E-state index contributed by atoms with van der Waals surface area (Å²) >= 11 is 2.60. The maximum atomic E-state index is 12.5. The molecule has 152 valence electrons. The first kappa shape index (κ1) is 21.1. The highest BCUT2D eigenvalue weighted by Gasteiger charge is 2.20. The number of ether oxygens (including phenoxy) is 1. The molecule has 0 aliphatic rings. The summed E-state index contributed by atoms with van der Waals surface area (Å²) in [5, 5.41) is 11.5. The molecule has 2 heterocycles. The third-order valence-corrected chi connectivity index (χ3v) is 6.08. The van der Waals surface area contributed by atoms with Crippen molar-refractivity contribution in [3.05, 3.63) is 47.6 Å². The second kappa shape index (κ2) is 9.71. The SMILES string of the molecule is CCOC(=O)c1sc(-c2ccccc2)cc1NC(=O)CSc1nncn1C(C)C. The van der Waals surface area contributed by atoms with Gasteiger partial charge in [0.2, 0.25) is 5.91 Å². The van der Waals surface area contributed by atoms with Gasteiger partial charge in [0, 0.05) is 10.9 Å². The molecule has 1 N–H and O–H groups in total. The van der Waals surface area contributed by atoms with Crippen LogP contribution in [0.3, 0.4) is 0 Å². The van der Waals surface area contributed by atoms with Gasteiger partial charge in [-0.3, -0.25) is 4.79 Å². The molecule has 0 aliphatic heterocycles. The molecule has 0 radical (unpaired) electrons. The minimum atomic E-state index is -0.442. The van der Waals surface area contributed by atoms with E-state index in [0.717, 1.165) is 10.4 Å². The number of amides is 1. The first-order chi connectivity index (χ1) is 14.0. The second-order valence-corrected chi connectivity index (χ2v) is 8.39. The zero-order valence-electron chi connectivity index (χ0n) is 16.4. The van der Waals surface area contributed by atoms with Gasteiger partial charge in [0.1, 0.15) is 11.2 Å². The smallest absolute Gasteiger partial charge is 0.350 e. The average molecular weight is 431 g/mol. The van der Waals surface area contributed by atoms with Gasteiger partial charge in [0.15, 0.2) is 5.16 Å². The molecule has 0 atom stereocenters. The second-order valence-electron chi connectivity index (χ2n) is 6.39. The Balaban J connectivity index is 1.76. The van der Waals surface area contributed by atoms with Crippen molar-refractivity contribution in [1.82, 2.24) is 14.8 Å². The number of nitrogens with zero attached hydrogens (tertiary/aromatic N) is 3. The summed E-state index contributed by atoms with van der Waals surface area (Å²) in [5.74, 6) is -0.511. The Hall–Kier alpha value is -2.65. The van der Waals surface area contributed by atoms with Crippen molar-refractivity contribution in [2.75, 3.05) is 17.7 Å². The highest BCUT2D eigenvalue weighted by molar-refractivity contribution is 7.99. The van der Waals surface area contributed by atoms with Gasteiger partial charge in [0.05, 0.1) is 18.0 Å². The number of thioether (sulfide) groups is 1. The Bertz CT molecular complexity index is 983. The van der Waals surface area contributed by atoms with Gasteiger partial charge in [-0.25, -0.2) is 4.79 Å². The lowest BCUT2D eigenvalue weighted by Gasteiger charge is -2.09. The molecule has 0 saturated carbocycles. The van der Waals surface area contributed by atoms with Crippen molar-refractivity contribution < 1.29 is 14.3 Å². The molecule has 0 unspecified atom stereocenters. The zero-order chi connectivity index (χ0) is 20.8. The van der Waals surface area contributed by atoms with E-state index in [1.165, 1.54) is 23.1 Å². The standard InChI is InChI=1S/C20H22N4O3S2/c1-4-27-19(26)18-15(10-16(29-18)14-8-6-5-7-9-14)22-17(25)11-28-20-23-21-12-24(20)13(2)3/h5-10,12-13H,4,11H2,1-3H3,(H,22,25). The number of anilines is 1. The normalized spacial score (nSPS) is 10.9. The van der Waals surface area contributed by atoms with Gasteiger partial charge < -0.3 is 14.6 Å². The van der Waals surface area contributed by atoms with Crippen LogP contribution in [0.15, 0.2) is 47.9 Å². The molecule has 0 fully saturated rings. The van der Waals surface area contributed by atoms with Crippen LogP contribution >= 0.6 is 23.1 Å². The summed E-state index contributed by atoms with van der Waals surface area (Å²) in [5.41, 5.74) is 1.44. The minimum absolute atomic E-state index is 0.157. The van der Waals surface area contributed by atoms with Gasteiger partial charge >= 0.3 is 5.97 Å². The van der Waals surface area contributed by atoms with Crippen molar-refractivity contribution in [3.63, 3.8) is 0 Å². The summed E-state index contributed by atoms with van der Waals surface area (Å²) in [6.45, 7) is 6.07. The molecule has 3 aromatic rings. The van der Waals surface area contributed by atoms with Crippen LogP contribution in [0.1, 0.15) is 36.5 Å². The van der Waals surface area contributed by atoms with E-state index in [0.29, 0.717) is 15.7 Å². The van der Waals surface area contributed by atoms with Gasteiger partial charge in [-0.1, -0.05) is 42.1 Å². The largest absolute Gasteiger partial charge is 0.462 e. The highest BCUT2D eigenvalue weighted by Crippen LogP contribution is 2.35. The Morgan fingerprint density at radius 2 is 2.03 bits per heavy atom. The maximum Gasteiger partial charge on any atom is 0.350 e. The molecule has 1 aromatic carbocycles. The zero-order valence-corrected chi connectivity index (χ0v) is 18.0. The van der Waals surface area contributed by atoms with Crippen molar-refractivity contribution in [3.8, 4) is 10.4 Å². The Labute approximate surface area is 177 Å². The molecule has 7 nitrogen and oxygen atoms in total. The van der Waals surface area contributed by atoms with E-state index in [9.17, 15) is 9.59 Å². The van der Waals surface area contributed by atoms with E-state index < -0.39 is 5.97 Å². The number of carbonyl (C=O) groups excluding carboxylic acids is 2. The van der Waals surface area contributed by atoms with Gasteiger partial charge in [-0.2, -0.15) is 0 Å². The summed E-state index contributed by atoms with van der Waals surface area (Å²) in [7, 11) is 0. The third kappa shape index (κ3) is 5.24. The number of carbonyl (C=O) groups is 2. The molecule has 29 heavy (non-hydrogen) atoms. The number of rotatable bonds is 8. The topological polar surface area (TPSA) is 86.1 Å². The number of aromatic nitrogens is 3. The van der Waals surface area contributed by atoms with Crippen molar-refractivity contribution in [1.29, 1.82) is 0 Å². The fourth-order valence-corrected chi connectivity index (χ4v) is 4.44. The first-order valence-corrected chi connectivity index (χ1v) is 11.0. The lowest BCUT2D eigenvalue weighted by atomic mass is 10.2. The molecule has 0 spiro atoms. The number of hydrogen-bond acceptors (Lipinski definition) is 7. The first-order valence-electron chi connectivity index (χ1n) is 9.18. The molecule has 0 aliphatic carbocycles. The van der Waals surface area contributed by atoms with Crippen molar-refractivity contribution in [2.24, 2.45) is 0 Å². The molecule has 1 amide bonds. The average Bonchev–Trinajstić information content (AvgIpc) is 3.34. The van der Waals surface area contributed by atoms with Gasteiger partial charge in [-0.15, -0.1) is 21.5 Å². The predicted octanol–water partition coefficient (Wildman–Crippen LogP) is 4.50. The fraction of sp³-hybridized carbons (Fsp3) is 0.300.